The Labute approximate surface area is 164 Å². The van der Waals surface area contributed by atoms with Crippen molar-refractivity contribution in [2.45, 2.75) is 50.5 Å². The molecule has 1 saturated heterocycles. The number of fused-ring (bicyclic) bond motifs is 1. The van der Waals surface area contributed by atoms with Crippen LogP contribution in [-0.2, 0) is 12.8 Å². The second-order valence-electron chi connectivity index (χ2n) is 7.99. The van der Waals surface area contributed by atoms with Crippen LogP contribution in [0.1, 0.15) is 47.2 Å². The molecule has 0 spiro atoms. The predicted molar refractivity (Wildman–Crippen MR) is 109 cm³/mol. The summed E-state index contributed by atoms with van der Waals surface area (Å²) in [6, 6.07) is 2.80. The van der Waals surface area contributed by atoms with E-state index < -0.39 is 0 Å². The first-order valence-electron chi connectivity index (χ1n) is 10.1. The average Bonchev–Trinajstić information content (AvgIpc) is 3.26. The van der Waals surface area contributed by atoms with Gasteiger partial charge >= 0.3 is 0 Å². The molecule has 0 aromatic carbocycles. The quantitative estimate of drug-likeness (QED) is 0.755. The summed E-state index contributed by atoms with van der Waals surface area (Å²) < 4.78 is 0. The highest BCUT2D eigenvalue weighted by molar-refractivity contribution is 7.11. The molecule has 1 saturated carbocycles. The summed E-state index contributed by atoms with van der Waals surface area (Å²) in [7, 11) is 0. The van der Waals surface area contributed by atoms with Gasteiger partial charge in [0.15, 0.2) is 0 Å². The van der Waals surface area contributed by atoms with Gasteiger partial charge in [0.05, 0.1) is 17.3 Å². The van der Waals surface area contributed by atoms with Crippen molar-refractivity contribution in [1.29, 1.82) is 0 Å². The monoisotopic (exact) mass is 379 g/mol. The van der Waals surface area contributed by atoms with Crippen LogP contribution >= 0.6 is 11.3 Å². The Balaban J connectivity index is 1.26. The van der Waals surface area contributed by atoms with Gasteiger partial charge in [-0.05, 0) is 31.7 Å². The minimum absolute atomic E-state index is 0.515. The van der Waals surface area contributed by atoms with Gasteiger partial charge in [-0.1, -0.05) is 6.42 Å². The largest absolute Gasteiger partial charge is 0.371 e. The summed E-state index contributed by atoms with van der Waals surface area (Å²) in [5, 5.41) is 1.33. The second kappa shape index (κ2) is 7.21. The summed E-state index contributed by atoms with van der Waals surface area (Å²) in [6.45, 7) is 11.6. The number of anilines is 1. The highest BCUT2D eigenvalue weighted by Gasteiger charge is 2.30. The van der Waals surface area contributed by atoms with Crippen molar-refractivity contribution in [3.05, 3.63) is 45.5 Å². The van der Waals surface area contributed by atoms with Crippen molar-refractivity contribution in [1.82, 2.24) is 14.9 Å². The first kappa shape index (κ1) is 17.2. The molecular weight excluding hydrogens is 354 g/mol. The lowest BCUT2D eigenvalue weighted by molar-refractivity contribution is 0.133. The third-order valence-corrected chi connectivity index (χ3v) is 7.71. The summed E-state index contributed by atoms with van der Waals surface area (Å²) >= 11 is 1.96. The van der Waals surface area contributed by atoms with E-state index in [-0.39, 0.29) is 0 Å². The van der Waals surface area contributed by atoms with E-state index in [9.17, 15) is 0 Å². The Morgan fingerprint density at radius 2 is 2.00 bits per heavy atom. The zero-order valence-electron chi connectivity index (χ0n) is 15.6. The molecule has 27 heavy (non-hydrogen) atoms. The van der Waals surface area contributed by atoms with E-state index in [0.717, 1.165) is 37.7 Å². The molecule has 0 amide bonds. The lowest BCUT2D eigenvalue weighted by Gasteiger charge is -2.36. The van der Waals surface area contributed by atoms with Gasteiger partial charge in [0.25, 0.3) is 0 Å². The van der Waals surface area contributed by atoms with Crippen molar-refractivity contribution in [3.8, 4) is 0 Å². The van der Waals surface area contributed by atoms with Crippen molar-refractivity contribution >= 4 is 22.7 Å². The van der Waals surface area contributed by atoms with Gasteiger partial charge in [-0.2, -0.15) is 0 Å². The molecule has 3 aliphatic rings. The van der Waals surface area contributed by atoms with Crippen LogP contribution in [0.4, 0.5) is 11.4 Å². The molecule has 0 radical (unpaired) electrons. The molecule has 2 fully saturated rings. The number of hydrogen-bond donors (Lipinski definition) is 0. The minimum Gasteiger partial charge on any atom is -0.371 e. The topological polar surface area (TPSA) is 36.6 Å². The SMILES string of the molecule is [C-]#[N+]c1cncc(N2CCC(c3nc4c(s3)CCN(C3CCC3)CC4)C2)c1. The van der Waals surface area contributed by atoms with Crippen LogP contribution in [0.2, 0.25) is 0 Å². The van der Waals surface area contributed by atoms with Crippen LogP contribution in [-0.4, -0.2) is 47.1 Å². The van der Waals surface area contributed by atoms with Gasteiger partial charge in [-0.3, -0.25) is 9.88 Å². The highest BCUT2D eigenvalue weighted by Crippen LogP contribution is 2.36. The highest BCUT2D eigenvalue weighted by atomic mass is 32.1. The van der Waals surface area contributed by atoms with E-state index in [0.29, 0.717) is 11.6 Å². The van der Waals surface area contributed by atoms with Gasteiger partial charge in [0, 0.05) is 67.5 Å². The first-order chi connectivity index (χ1) is 13.3. The van der Waals surface area contributed by atoms with Crippen molar-refractivity contribution in [2.24, 2.45) is 0 Å². The molecule has 2 aromatic rings. The van der Waals surface area contributed by atoms with Crippen LogP contribution in [0, 0.1) is 6.57 Å². The molecule has 0 bridgehead atoms. The van der Waals surface area contributed by atoms with Gasteiger partial charge in [-0.25, -0.2) is 9.83 Å². The molecule has 1 aliphatic carbocycles. The number of rotatable bonds is 3. The number of pyridine rings is 1. The molecule has 1 atom stereocenters. The molecular formula is C21H25N5S. The number of thiazole rings is 1. The lowest BCUT2D eigenvalue weighted by Crippen LogP contribution is -2.41. The minimum atomic E-state index is 0.515. The van der Waals surface area contributed by atoms with Crippen LogP contribution in [0.15, 0.2) is 18.5 Å². The van der Waals surface area contributed by atoms with Crippen molar-refractivity contribution in [3.63, 3.8) is 0 Å². The maximum absolute atomic E-state index is 7.19. The van der Waals surface area contributed by atoms with Crippen molar-refractivity contribution < 1.29 is 0 Å². The average molecular weight is 380 g/mol. The van der Waals surface area contributed by atoms with E-state index in [1.54, 1.807) is 6.20 Å². The normalized spacial score (nSPS) is 23.5. The Morgan fingerprint density at radius 1 is 1.11 bits per heavy atom. The van der Waals surface area contributed by atoms with E-state index in [1.165, 1.54) is 54.4 Å². The first-order valence-corrected chi connectivity index (χ1v) is 10.9. The van der Waals surface area contributed by atoms with Gasteiger partial charge < -0.3 is 4.90 Å². The van der Waals surface area contributed by atoms with E-state index in [2.05, 4.69) is 19.6 Å². The van der Waals surface area contributed by atoms with Crippen LogP contribution < -0.4 is 4.90 Å². The predicted octanol–water partition coefficient (Wildman–Crippen LogP) is 4.04. The van der Waals surface area contributed by atoms with Crippen molar-refractivity contribution in [2.75, 3.05) is 31.1 Å². The van der Waals surface area contributed by atoms with Gasteiger partial charge in [0.1, 0.15) is 0 Å². The summed E-state index contributed by atoms with van der Waals surface area (Å²) in [6.07, 6.45) is 11.2. The van der Waals surface area contributed by atoms with E-state index in [1.807, 2.05) is 23.6 Å². The fourth-order valence-electron chi connectivity index (χ4n) is 4.54. The molecule has 5 nitrogen and oxygen atoms in total. The molecule has 2 aromatic heterocycles. The molecule has 4 heterocycles. The Hall–Kier alpha value is -1.97. The maximum atomic E-state index is 7.19. The molecule has 0 N–H and O–H groups in total. The van der Waals surface area contributed by atoms with Gasteiger partial charge in [-0.15, -0.1) is 11.3 Å². The third kappa shape index (κ3) is 3.35. The maximum Gasteiger partial charge on any atom is 0.207 e. The number of aromatic nitrogens is 2. The van der Waals surface area contributed by atoms with Crippen LogP contribution in [0.5, 0.6) is 0 Å². The molecule has 140 valence electrons. The van der Waals surface area contributed by atoms with E-state index >= 15 is 0 Å². The fraction of sp³-hybridized carbons (Fsp3) is 0.571. The fourth-order valence-corrected chi connectivity index (χ4v) is 5.76. The molecule has 6 heteroatoms. The van der Waals surface area contributed by atoms with Gasteiger partial charge in [0.2, 0.25) is 5.69 Å². The summed E-state index contributed by atoms with van der Waals surface area (Å²) in [5.74, 6) is 0.515. The zero-order chi connectivity index (χ0) is 18.2. The van der Waals surface area contributed by atoms with Crippen LogP contribution in [0.3, 0.4) is 0 Å². The van der Waals surface area contributed by atoms with E-state index in [4.69, 9.17) is 11.6 Å². The summed E-state index contributed by atoms with van der Waals surface area (Å²) in [4.78, 5) is 19.4. The zero-order valence-corrected chi connectivity index (χ0v) is 16.4. The summed E-state index contributed by atoms with van der Waals surface area (Å²) in [5.41, 5.74) is 3.06. The number of nitrogens with zero attached hydrogens (tertiary/aromatic N) is 5. The van der Waals surface area contributed by atoms with Crippen LogP contribution in [0.25, 0.3) is 4.85 Å². The molecule has 2 aliphatic heterocycles. The molecule has 5 rings (SSSR count). The Bertz CT molecular complexity index is 840. The Kier molecular flexibility index (Phi) is 4.58. The molecule has 1 unspecified atom stereocenters. The standard InChI is InChI=1S/C21H25N5S/c1-22-16-11-18(13-23-12-16)26-8-5-15(14-26)21-24-19-6-9-25(17-3-2-4-17)10-7-20(19)27-21/h11-13,15,17H,2-10,14H2. The second-order valence-corrected chi connectivity index (χ2v) is 9.10. The number of hydrogen-bond acceptors (Lipinski definition) is 5. The Morgan fingerprint density at radius 3 is 2.81 bits per heavy atom. The smallest absolute Gasteiger partial charge is 0.207 e. The third-order valence-electron chi connectivity index (χ3n) is 6.39. The lowest BCUT2D eigenvalue weighted by atomic mass is 9.91.